The van der Waals surface area contributed by atoms with E-state index in [1.54, 1.807) is 0 Å². The fourth-order valence-corrected chi connectivity index (χ4v) is 3.37. The SMILES string of the molecule is CC1CC2CC1CC2C1CO1. The summed E-state index contributed by atoms with van der Waals surface area (Å²) >= 11 is 0. The van der Waals surface area contributed by atoms with Gasteiger partial charge in [-0.25, -0.2) is 0 Å². The first-order chi connectivity index (χ1) is 5.34. The first-order valence-corrected chi connectivity index (χ1v) is 4.96. The minimum absolute atomic E-state index is 0.692. The molecule has 2 aliphatic carbocycles. The van der Waals surface area contributed by atoms with E-state index in [-0.39, 0.29) is 0 Å². The van der Waals surface area contributed by atoms with Crippen LogP contribution in [0, 0.1) is 23.7 Å². The van der Waals surface area contributed by atoms with Gasteiger partial charge in [-0.05, 0) is 42.9 Å². The largest absolute Gasteiger partial charge is 0.373 e. The summed E-state index contributed by atoms with van der Waals surface area (Å²) in [5, 5.41) is 0. The van der Waals surface area contributed by atoms with Crippen LogP contribution in [0.25, 0.3) is 0 Å². The summed E-state index contributed by atoms with van der Waals surface area (Å²) in [4.78, 5) is 0. The van der Waals surface area contributed by atoms with Crippen LogP contribution in [0.2, 0.25) is 0 Å². The van der Waals surface area contributed by atoms with Gasteiger partial charge in [0, 0.05) is 0 Å². The van der Waals surface area contributed by atoms with Crippen molar-refractivity contribution in [3.05, 3.63) is 0 Å². The van der Waals surface area contributed by atoms with E-state index in [4.69, 9.17) is 4.74 Å². The maximum atomic E-state index is 5.38. The first kappa shape index (κ1) is 6.47. The van der Waals surface area contributed by atoms with Crippen LogP contribution < -0.4 is 0 Å². The molecule has 0 N–H and O–H groups in total. The maximum absolute atomic E-state index is 5.38. The van der Waals surface area contributed by atoms with Crippen molar-refractivity contribution in [2.75, 3.05) is 6.61 Å². The Hall–Kier alpha value is -0.0400. The molecular weight excluding hydrogens is 136 g/mol. The third-order valence-corrected chi connectivity index (χ3v) is 4.10. The Morgan fingerprint density at radius 1 is 1.09 bits per heavy atom. The normalized spacial score (nSPS) is 60.3. The molecule has 1 heterocycles. The lowest BCUT2D eigenvalue weighted by atomic mass is 9.81. The smallest absolute Gasteiger partial charge is 0.0840 e. The van der Waals surface area contributed by atoms with E-state index in [2.05, 4.69) is 6.92 Å². The molecule has 5 atom stereocenters. The Morgan fingerprint density at radius 2 is 1.91 bits per heavy atom. The summed E-state index contributed by atoms with van der Waals surface area (Å²) in [7, 11) is 0. The molecule has 3 fully saturated rings. The molecule has 0 spiro atoms. The van der Waals surface area contributed by atoms with Gasteiger partial charge in [0.25, 0.3) is 0 Å². The van der Waals surface area contributed by atoms with Crippen molar-refractivity contribution in [3.63, 3.8) is 0 Å². The fourth-order valence-electron chi connectivity index (χ4n) is 3.37. The molecule has 0 aromatic heterocycles. The molecule has 3 aliphatic rings. The summed E-state index contributed by atoms with van der Waals surface area (Å²) in [6, 6.07) is 0. The Balaban J connectivity index is 1.75. The molecule has 0 aromatic carbocycles. The van der Waals surface area contributed by atoms with Gasteiger partial charge < -0.3 is 4.74 Å². The standard InChI is InChI=1S/C10H16O/c1-6-2-8-3-7(6)4-9(8)10-5-11-10/h6-10H,2-5H2,1H3. The number of fused-ring (bicyclic) bond motifs is 2. The molecule has 2 bridgehead atoms. The van der Waals surface area contributed by atoms with Gasteiger partial charge in [-0.1, -0.05) is 6.92 Å². The van der Waals surface area contributed by atoms with Crippen molar-refractivity contribution in [2.24, 2.45) is 23.7 Å². The lowest BCUT2D eigenvalue weighted by Gasteiger charge is -2.23. The molecule has 1 saturated heterocycles. The second kappa shape index (κ2) is 2.01. The highest BCUT2D eigenvalue weighted by molar-refractivity contribution is 4.98. The fraction of sp³-hybridized carbons (Fsp3) is 1.00. The Bertz CT molecular complexity index is 172. The lowest BCUT2D eigenvalue weighted by molar-refractivity contribution is 0.218. The van der Waals surface area contributed by atoms with Crippen LogP contribution in [0.3, 0.4) is 0 Å². The summed E-state index contributed by atoms with van der Waals surface area (Å²) in [6.07, 6.45) is 5.19. The molecule has 11 heavy (non-hydrogen) atoms. The van der Waals surface area contributed by atoms with Gasteiger partial charge in [0.2, 0.25) is 0 Å². The zero-order valence-corrected chi connectivity index (χ0v) is 7.12. The van der Waals surface area contributed by atoms with Crippen LogP contribution in [0.4, 0.5) is 0 Å². The Kier molecular flexibility index (Phi) is 1.18. The van der Waals surface area contributed by atoms with Gasteiger partial charge in [0.05, 0.1) is 12.7 Å². The molecule has 0 aromatic rings. The van der Waals surface area contributed by atoms with Crippen LogP contribution in [0.5, 0.6) is 0 Å². The van der Waals surface area contributed by atoms with Crippen molar-refractivity contribution >= 4 is 0 Å². The number of rotatable bonds is 1. The summed E-state index contributed by atoms with van der Waals surface area (Å²) in [6.45, 7) is 3.50. The van der Waals surface area contributed by atoms with Gasteiger partial charge in [-0.15, -0.1) is 0 Å². The molecule has 0 radical (unpaired) electrons. The third-order valence-electron chi connectivity index (χ3n) is 4.10. The second-order valence-electron chi connectivity index (χ2n) is 4.74. The van der Waals surface area contributed by atoms with E-state index in [9.17, 15) is 0 Å². The molecule has 1 aliphatic heterocycles. The van der Waals surface area contributed by atoms with Gasteiger partial charge in [0.15, 0.2) is 0 Å². The van der Waals surface area contributed by atoms with Crippen LogP contribution in [0.1, 0.15) is 26.2 Å². The minimum atomic E-state index is 0.692. The van der Waals surface area contributed by atoms with Gasteiger partial charge in [-0.3, -0.25) is 0 Å². The molecule has 5 unspecified atom stereocenters. The van der Waals surface area contributed by atoms with Gasteiger partial charge in [-0.2, -0.15) is 0 Å². The van der Waals surface area contributed by atoms with Crippen molar-refractivity contribution in [2.45, 2.75) is 32.3 Å². The van der Waals surface area contributed by atoms with Gasteiger partial charge in [0.1, 0.15) is 0 Å². The van der Waals surface area contributed by atoms with E-state index in [1.807, 2.05) is 0 Å². The molecule has 1 nitrogen and oxygen atoms in total. The highest BCUT2D eigenvalue weighted by atomic mass is 16.6. The van der Waals surface area contributed by atoms with E-state index in [1.165, 1.54) is 19.3 Å². The van der Waals surface area contributed by atoms with Gasteiger partial charge >= 0.3 is 0 Å². The second-order valence-corrected chi connectivity index (χ2v) is 4.74. The van der Waals surface area contributed by atoms with Crippen molar-refractivity contribution in [1.29, 1.82) is 0 Å². The molecular formula is C10H16O. The highest BCUT2D eigenvalue weighted by Crippen LogP contribution is 2.54. The van der Waals surface area contributed by atoms with Crippen molar-refractivity contribution < 1.29 is 4.74 Å². The molecule has 62 valence electrons. The predicted molar refractivity (Wildman–Crippen MR) is 43.2 cm³/mol. The Labute approximate surface area is 68.1 Å². The van der Waals surface area contributed by atoms with Crippen LogP contribution >= 0.6 is 0 Å². The average Bonchev–Trinajstić information content (AvgIpc) is 2.67. The quantitative estimate of drug-likeness (QED) is 0.524. The van der Waals surface area contributed by atoms with Crippen molar-refractivity contribution in [1.82, 2.24) is 0 Å². The van der Waals surface area contributed by atoms with Crippen molar-refractivity contribution in [3.8, 4) is 0 Å². The van der Waals surface area contributed by atoms with E-state index >= 15 is 0 Å². The highest BCUT2D eigenvalue weighted by Gasteiger charge is 2.49. The topological polar surface area (TPSA) is 12.5 Å². The Morgan fingerprint density at radius 3 is 2.36 bits per heavy atom. The number of ether oxygens (including phenoxy) is 1. The molecule has 0 amide bonds. The minimum Gasteiger partial charge on any atom is -0.373 e. The van der Waals surface area contributed by atoms with Crippen LogP contribution in [-0.4, -0.2) is 12.7 Å². The zero-order valence-electron chi connectivity index (χ0n) is 7.12. The third kappa shape index (κ3) is 0.868. The summed E-state index contributed by atoms with van der Waals surface area (Å²) in [5.41, 5.74) is 0. The number of hydrogen-bond donors (Lipinski definition) is 0. The maximum Gasteiger partial charge on any atom is 0.0840 e. The molecule has 3 rings (SSSR count). The van der Waals surface area contributed by atoms with Crippen LogP contribution in [-0.2, 0) is 4.74 Å². The summed E-state index contributed by atoms with van der Waals surface area (Å²) in [5.74, 6) is 4.10. The van der Waals surface area contributed by atoms with E-state index in [0.717, 1.165) is 30.3 Å². The number of hydrogen-bond acceptors (Lipinski definition) is 1. The van der Waals surface area contributed by atoms with E-state index in [0.29, 0.717) is 6.10 Å². The molecule has 1 heteroatoms. The predicted octanol–water partition coefficient (Wildman–Crippen LogP) is 2.07. The molecule has 2 saturated carbocycles. The summed E-state index contributed by atoms with van der Waals surface area (Å²) < 4.78 is 5.38. The number of epoxide rings is 1. The van der Waals surface area contributed by atoms with Crippen LogP contribution in [0.15, 0.2) is 0 Å². The lowest BCUT2D eigenvalue weighted by Crippen LogP contribution is -2.20. The monoisotopic (exact) mass is 152 g/mol. The van der Waals surface area contributed by atoms with E-state index < -0.39 is 0 Å². The first-order valence-electron chi connectivity index (χ1n) is 4.96. The zero-order chi connectivity index (χ0) is 7.42. The average molecular weight is 152 g/mol.